The molecule has 1 aliphatic carbocycles. The molecule has 30 heavy (non-hydrogen) atoms. The van der Waals surface area contributed by atoms with Gasteiger partial charge in [-0.1, -0.05) is 49.6 Å². The maximum Gasteiger partial charge on any atom is 0.272 e. The molecule has 0 aliphatic heterocycles. The lowest BCUT2D eigenvalue weighted by Crippen LogP contribution is -2.56. The smallest absolute Gasteiger partial charge is 0.272 e. The van der Waals surface area contributed by atoms with Crippen molar-refractivity contribution >= 4 is 18.1 Å². The molecule has 0 heterocycles. The number of aliphatic hydroxyl groups is 4. The maximum atomic E-state index is 12.8. The second-order valence-corrected chi connectivity index (χ2v) is 7.71. The fraction of sp³-hybridized carbons (Fsp3) is 0.571. The van der Waals surface area contributed by atoms with Gasteiger partial charge in [-0.2, -0.15) is 0 Å². The van der Waals surface area contributed by atoms with Gasteiger partial charge >= 0.3 is 0 Å². The highest BCUT2D eigenvalue weighted by Gasteiger charge is 2.37. The summed E-state index contributed by atoms with van der Waals surface area (Å²) in [6.07, 6.45) is -2.92. The summed E-state index contributed by atoms with van der Waals surface area (Å²) in [5.41, 5.74) is 3.16. The van der Waals surface area contributed by atoms with Crippen molar-refractivity contribution in [3.8, 4) is 0 Å². The molecular formula is C21H30N2O7. The van der Waals surface area contributed by atoms with Crippen molar-refractivity contribution in [3.05, 3.63) is 35.9 Å². The number of hydrazine groups is 1. The molecule has 1 aliphatic rings. The van der Waals surface area contributed by atoms with Gasteiger partial charge in [-0.15, -0.1) is 0 Å². The molecule has 1 aromatic rings. The third kappa shape index (κ3) is 6.88. The number of carbonyl (C=O) groups excluding carboxylic acids is 3. The Morgan fingerprint density at radius 3 is 2.27 bits per heavy atom. The van der Waals surface area contributed by atoms with Crippen LogP contribution in [-0.4, -0.2) is 68.0 Å². The van der Waals surface area contributed by atoms with Crippen molar-refractivity contribution in [1.82, 2.24) is 10.4 Å². The number of rotatable bonds is 9. The second-order valence-electron chi connectivity index (χ2n) is 7.71. The zero-order valence-electron chi connectivity index (χ0n) is 16.8. The van der Waals surface area contributed by atoms with E-state index in [1.807, 2.05) is 0 Å². The first-order valence-corrected chi connectivity index (χ1v) is 10.2. The Labute approximate surface area is 175 Å². The van der Waals surface area contributed by atoms with Crippen LogP contribution in [0.1, 0.15) is 44.1 Å². The van der Waals surface area contributed by atoms with Gasteiger partial charge in [0.1, 0.15) is 18.3 Å². The lowest BCUT2D eigenvalue weighted by Gasteiger charge is -2.30. The number of carbonyl (C=O) groups is 3. The van der Waals surface area contributed by atoms with E-state index in [2.05, 4.69) is 5.43 Å². The minimum atomic E-state index is -2.16. The molecule has 9 heteroatoms. The standard InChI is InChI=1S/C21H30N2O7/c24-13-16(25)18(27)19(28)20(29)21(30)23(12-15-9-5-2-6-10-15)22-17(26)11-14-7-3-1-4-8-14/h2,5-6,9-10,13-14,16,18-20,25,27-29H,1,3-4,7-8,11-12H2,(H,22,26)/t16-,18+,19-,20-/m0/s1. The molecule has 4 atom stereocenters. The van der Waals surface area contributed by atoms with Gasteiger partial charge < -0.3 is 25.2 Å². The van der Waals surface area contributed by atoms with Gasteiger partial charge in [-0.3, -0.25) is 15.0 Å². The first-order chi connectivity index (χ1) is 14.3. The molecule has 0 bridgehead atoms. The van der Waals surface area contributed by atoms with Crippen molar-refractivity contribution in [1.29, 1.82) is 0 Å². The fourth-order valence-electron chi connectivity index (χ4n) is 3.56. The average molecular weight is 422 g/mol. The van der Waals surface area contributed by atoms with E-state index in [0.717, 1.165) is 37.1 Å². The molecule has 0 spiro atoms. The van der Waals surface area contributed by atoms with E-state index in [1.54, 1.807) is 30.3 Å². The SMILES string of the molecule is O=C[C@H](O)[C@@H](O)[C@H](O)[C@H](O)C(=O)N(Cc1ccccc1)NC(=O)CC1CCCCC1. The summed E-state index contributed by atoms with van der Waals surface area (Å²) in [5, 5.41) is 40.1. The predicted molar refractivity (Wildman–Crippen MR) is 106 cm³/mol. The molecule has 1 aromatic carbocycles. The lowest BCUT2D eigenvalue weighted by molar-refractivity contribution is -0.163. The molecule has 2 amide bonds. The number of benzene rings is 1. The van der Waals surface area contributed by atoms with Crippen LogP contribution in [0.15, 0.2) is 30.3 Å². The summed E-state index contributed by atoms with van der Waals surface area (Å²) in [4.78, 5) is 35.9. The van der Waals surface area contributed by atoms with E-state index < -0.39 is 30.3 Å². The minimum absolute atomic E-state index is 0.0151. The third-order valence-corrected chi connectivity index (χ3v) is 5.32. The quantitative estimate of drug-likeness (QED) is 0.270. The Morgan fingerprint density at radius 1 is 1.03 bits per heavy atom. The number of aldehydes is 1. The number of hydrogen-bond donors (Lipinski definition) is 5. The van der Waals surface area contributed by atoms with E-state index in [1.165, 1.54) is 0 Å². The van der Waals surface area contributed by atoms with E-state index in [-0.39, 0.29) is 31.1 Å². The van der Waals surface area contributed by atoms with E-state index in [9.17, 15) is 34.8 Å². The summed E-state index contributed by atoms with van der Waals surface area (Å²) in [5.74, 6) is -1.23. The van der Waals surface area contributed by atoms with E-state index in [0.29, 0.717) is 5.56 Å². The summed E-state index contributed by atoms with van der Waals surface area (Å²) < 4.78 is 0. The van der Waals surface area contributed by atoms with Crippen LogP contribution in [0.5, 0.6) is 0 Å². The van der Waals surface area contributed by atoms with E-state index in [4.69, 9.17) is 0 Å². The normalized spacial score (nSPS) is 18.7. The maximum absolute atomic E-state index is 12.8. The monoisotopic (exact) mass is 422 g/mol. The number of nitrogens with zero attached hydrogens (tertiary/aromatic N) is 1. The molecule has 0 unspecified atom stereocenters. The molecule has 166 valence electrons. The lowest BCUT2D eigenvalue weighted by atomic mass is 9.87. The van der Waals surface area contributed by atoms with Crippen LogP contribution in [0.25, 0.3) is 0 Å². The summed E-state index contributed by atoms with van der Waals surface area (Å²) >= 11 is 0. The molecule has 9 nitrogen and oxygen atoms in total. The van der Waals surface area contributed by atoms with Crippen LogP contribution in [-0.2, 0) is 20.9 Å². The summed E-state index contributed by atoms with van der Waals surface area (Å²) in [6.45, 7) is -0.0772. The van der Waals surface area contributed by atoms with Gasteiger partial charge in [0.25, 0.3) is 5.91 Å². The highest BCUT2D eigenvalue weighted by Crippen LogP contribution is 2.26. The molecule has 2 rings (SSSR count). The predicted octanol–water partition coefficient (Wildman–Crippen LogP) is -0.341. The van der Waals surface area contributed by atoms with Crippen LogP contribution in [0.3, 0.4) is 0 Å². The molecule has 0 saturated heterocycles. The number of nitrogens with one attached hydrogen (secondary N) is 1. The zero-order chi connectivity index (χ0) is 22.1. The Bertz CT molecular complexity index is 694. The van der Waals surface area contributed by atoms with Crippen LogP contribution in [0.2, 0.25) is 0 Å². The summed E-state index contributed by atoms with van der Waals surface area (Å²) in [6, 6.07) is 8.73. The van der Waals surface area contributed by atoms with Gasteiger partial charge in [0.15, 0.2) is 12.4 Å². The van der Waals surface area contributed by atoms with Crippen molar-refractivity contribution < 1.29 is 34.8 Å². The molecular weight excluding hydrogens is 392 g/mol. The van der Waals surface area contributed by atoms with Crippen LogP contribution < -0.4 is 5.43 Å². The molecule has 1 fully saturated rings. The van der Waals surface area contributed by atoms with Crippen LogP contribution in [0.4, 0.5) is 0 Å². The highest BCUT2D eigenvalue weighted by molar-refractivity contribution is 5.85. The largest absolute Gasteiger partial charge is 0.387 e. The second kappa shape index (κ2) is 11.8. The zero-order valence-corrected chi connectivity index (χ0v) is 16.8. The van der Waals surface area contributed by atoms with Crippen LogP contribution >= 0.6 is 0 Å². The van der Waals surface area contributed by atoms with Gasteiger partial charge in [0.05, 0.1) is 6.54 Å². The Morgan fingerprint density at radius 2 is 1.67 bits per heavy atom. The van der Waals surface area contributed by atoms with Crippen LogP contribution in [0, 0.1) is 5.92 Å². The van der Waals surface area contributed by atoms with Crippen molar-refractivity contribution in [2.24, 2.45) is 5.92 Å². The van der Waals surface area contributed by atoms with Gasteiger partial charge in [-0.25, -0.2) is 5.01 Å². The molecule has 5 N–H and O–H groups in total. The topological polar surface area (TPSA) is 147 Å². The van der Waals surface area contributed by atoms with E-state index >= 15 is 0 Å². The fourth-order valence-corrected chi connectivity index (χ4v) is 3.56. The molecule has 0 radical (unpaired) electrons. The Hall–Kier alpha value is -2.33. The summed E-state index contributed by atoms with van der Waals surface area (Å²) in [7, 11) is 0. The Balaban J connectivity index is 2.10. The Kier molecular flexibility index (Phi) is 9.38. The molecule has 1 saturated carbocycles. The van der Waals surface area contributed by atoms with Gasteiger partial charge in [-0.05, 0) is 24.3 Å². The highest BCUT2D eigenvalue weighted by atomic mass is 16.4. The van der Waals surface area contributed by atoms with Gasteiger partial charge in [0, 0.05) is 6.42 Å². The first kappa shape index (κ1) is 23.9. The third-order valence-electron chi connectivity index (χ3n) is 5.32. The van der Waals surface area contributed by atoms with Crippen molar-refractivity contribution in [2.45, 2.75) is 69.5 Å². The van der Waals surface area contributed by atoms with Crippen molar-refractivity contribution in [3.63, 3.8) is 0 Å². The first-order valence-electron chi connectivity index (χ1n) is 10.2. The number of aliphatic hydroxyl groups excluding tert-OH is 4. The van der Waals surface area contributed by atoms with Gasteiger partial charge in [0.2, 0.25) is 5.91 Å². The molecule has 0 aromatic heterocycles. The number of amides is 2. The number of hydrogen-bond acceptors (Lipinski definition) is 7. The minimum Gasteiger partial charge on any atom is -0.387 e. The van der Waals surface area contributed by atoms with Crippen molar-refractivity contribution in [2.75, 3.05) is 0 Å². The average Bonchev–Trinajstić information content (AvgIpc) is 2.77.